The number of hydrogen-bond acceptors (Lipinski definition) is 7. The van der Waals surface area contributed by atoms with Crippen LogP contribution in [0.1, 0.15) is 0 Å². The van der Waals surface area contributed by atoms with Crippen molar-refractivity contribution in [2.75, 3.05) is 56.7 Å². The van der Waals surface area contributed by atoms with Crippen LogP contribution in [-0.2, 0) is 4.74 Å². The fraction of sp³-hybridized carbons (Fsp3) is 0.333. The molecule has 1 aliphatic rings. The average Bonchev–Trinajstić information content (AvgIpc) is 2.79. The lowest BCUT2D eigenvalue weighted by atomic mass is 10.1. The Morgan fingerprint density at radius 1 is 1.20 bits per heavy atom. The molecule has 1 fully saturated rings. The smallest absolute Gasteiger partial charge is 0.407 e. The van der Waals surface area contributed by atoms with Crippen LogP contribution in [0.3, 0.4) is 0 Å². The molecule has 0 bridgehead atoms. The third-order valence-corrected chi connectivity index (χ3v) is 5.13. The van der Waals surface area contributed by atoms with E-state index >= 15 is 0 Å². The fourth-order valence-corrected chi connectivity index (χ4v) is 3.55. The second-order valence-corrected chi connectivity index (χ2v) is 7.03. The standard InChI is InChI=1S/C21H24N6O3/c1-30-11-6-24-19-13-15(2-5-23-19)18-12-16-14-22-4-3-17(16)20(25-18)26-7-9-27(10-8-26)21(28)29/h2-5,12-14H,6-11H2,1H3,(H,23,24)(H,28,29). The number of nitrogens with zero attached hydrogens (tertiary/aromatic N) is 5. The summed E-state index contributed by atoms with van der Waals surface area (Å²) in [7, 11) is 1.66. The van der Waals surface area contributed by atoms with Crippen LogP contribution in [0.25, 0.3) is 22.0 Å². The maximum atomic E-state index is 11.2. The van der Waals surface area contributed by atoms with Crippen molar-refractivity contribution in [1.82, 2.24) is 19.9 Å². The van der Waals surface area contributed by atoms with Gasteiger partial charge < -0.3 is 25.0 Å². The van der Waals surface area contributed by atoms with Crippen LogP contribution in [0.4, 0.5) is 16.4 Å². The van der Waals surface area contributed by atoms with Gasteiger partial charge in [0.25, 0.3) is 0 Å². The monoisotopic (exact) mass is 408 g/mol. The Hall–Kier alpha value is -3.46. The summed E-state index contributed by atoms with van der Waals surface area (Å²) in [4.78, 5) is 28.4. The minimum Gasteiger partial charge on any atom is -0.465 e. The molecule has 1 aliphatic heterocycles. The van der Waals surface area contributed by atoms with E-state index in [4.69, 9.17) is 9.72 Å². The Labute approximate surface area is 174 Å². The highest BCUT2D eigenvalue weighted by atomic mass is 16.5. The summed E-state index contributed by atoms with van der Waals surface area (Å²) in [5.41, 5.74) is 1.77. The van der Waals surface area contributed by atoms with E-state index in [1.54, 1.807) is 19.5 Å². The predicted octanol–water partition coefficient (Wildman–Crippen LogP) is 2.55. The molecule has 0 aromatic carbocycles. The lowest BCUT2D eigenvalue weighted by molar-refractivity contribution is 0.142. The Balaban J connectivity index is 1.67. The zero-order valence-corrected chi connectivity index (χ0v) is 16.8. The van der Waals surface area contributed by atoms with E-state index in [9.17, 15) is 9.90 Å². The van der Waals surface area contributed by atoms with Gasteiger partial charge >= 0.3 is 6.09 Å². The van der Waals surface area contributed by atoms with E-state index < -0.39 is 6.09 Å². The molecule has 0 unspecified atom stereocenters. The Morgan fingerprint density at radius 2 is 2.03 bits per heavy atom. The van der Waals surface area contributed by atoms with E-state index in [2.05, 4.69) is 20.2 Å². The molecule has 0 saturated carbocycles. The summed E-state index contributed by atoms with van der Waals surface area (Å²) >= 11 is 0. The molecule has 2 N–H and O–H groups in total. The van der Waals surface area contributed by atoms with Gasteiger partial charge in [-0.2, -0.15) is 0 Å². The molecule has 1 saturated heterocycles. The molecule has 9 nitrogen and oxygen atoms in total. The second kappa shape index (κ2) is 8.91. The number of methoxy groups -OCH3 is 1. The maximum Gasteiger partial charge on any atom is 0.407 e. The zero-order valence-electron chi connectivity index (χ0n) is 16.8. The van der Waals surface area contributed by atoms with Crippen molar-refractivity contribution < 1.29 is 14.6 Å². The number of carboxylic acid groups (broad SMARTS) is 1. The number of carbonyl (C=O) groups is 1. The van der Waals surface area contributed by atoms with Gasteiger partial charge in [0.05, 0.1) is 12.3 Å². The van der Waals surface area contributed by atoms with Gasteiger partial charge in [0.2, 0.25) is 0 Å². The number of rotatable bonds is 6. The van der Waals surface area contributed by atoms with Gasteiger partial charge in [0.1, 0.15) is 11.6 Å². The first-order chi connectivity index (χ1) is 14.7. The number of piperazine rings is 1. The van der Waals surface area contributed by atoms with E-state index in [-0.39, 0.29) is 0 Å². The highest BCUT2D eigenvalue weighted by Gasteiger charge is 2.23. The fourth-order valence-electron chi connectivity index (χ4n) is 3.55. The molecule has 156 valence electrons. The Kier molecular flexibility index (Phi) is 5.89. The van der Waals surface area contributed by atoms with Gasteiger partial charge in [-0.25, -0.2) is 14.8 Å². The summed E-state index contributed by atoms with van der Waals surface area (Å²) in [5.74, 6) is 1.61. The molecular weight excluding hydrogens is 384 g/mol. The van der Waals surface area contributed by atoms with Gasteiger partial charge in [-0.05, 0) is 24.3 Å². The van der Waals surface area contributed by atoms with Crippen LogP contribution in [0.15, 0.2) is 42.9 Å². The van der Waals surface area contributed by atoms with Gasteiger partial charge in [-0.1, -0.05) is 0 Å². The summed E-state index contributed by atoms with van der Waals surface area (Å²) in [5, 5.41) is 14.5. The first-order valence-electron chi connectivity index (χ1n) is 9.82. The molecule has 0 atom stereocenters. The largest absolute Gasteiger partial charge is 0.465 e. The van der Waals surface area contributed by atoms with Crippen molar-refractivity contribution >= 4 is 28.5 Å². The molecule has 30 heavy (non-hydrogen) atoms. The van der Waals surface area contributed by atoms with Crippen molar-refractivity contribution in [1.29, 1.82) is 0 Å². The van der Waals surface area contributed by atoms with E-state index in [0.29, 0.717) is 39.3 Å². The highest BCUT2D eigenvalue weighted by molar-refractivity contribution is 5.94. The molecule has 9 heteroatoms. The molecule has 3 aromatic rings. The maximum absolute atomic E-state index is 11.2. The molecule has 0 radical (unpaired) electrons. The van der Waals surface area contributed by atoms with Crippen molar-refractivity contribution in [2.24, 2.45) is 0 Å². The number of hydrogen-bond donors (Lipinski definition) is 2. The quantitative estimate of drug-likeness (QED) is 0.600. The number of ether oxygens (including phenoxy) is 1. The van der Waals surface area contributed by atoms with Gasteiger partial charge in [-0.15, -0.1) is 0 Å². The lowest BCUT2D eigenvalue weighted by Crippen LogP contribution is -2.48. The van der Waals surface area contributed by atoms with Crippen LogP contribution in [0.2, 0.25) is 0 Å². The summed E-state index contributed by atoms with van der Waals surface area (Å²) in [6.07, 6.45) is 4.46. The molecule has 1 amide bonds. The number of nitrogens with one attached hydrogen (secondary N) is 1. The second-order valence-electron chi connectivity index (χ2n) is 7.03. The molecule has 4 heterocycles. The lowest BCUT2D eigenvalue weighted by Gasteiger charge is -2.34. The number of fused-ring (bicyclic) bond motifs is 1. The molecule has 0 aliphatic carbocycles. The summed E-state index contributed by atoms with van der Waals surface area (Å²) in [6, 6.07) is 7.87. The summed E-state index contributed by atoms with van der Waals surface area (Å²) < 4.78 is 5.08. The van der Waals surface area contributed by atoms with Crippen LogP contribution < -0.4 is 10.2 Å². The van der Waals surface area contributed by atoms with Gasteiger partial charge in [-0.3, -0.25) is 4.98 Å². The van der Waals surface area contributed by atoms with Crippen LogP contribution >= 0.6 is 0 Å². The topological polar surface area (TPSA) is 104 Å². The van der Waals surface area contributed by atoms with E-state index in [0.717, 1.165) is 33.7 Å². The highest BCUT2D eigenvalue weighted by Crippen LogP contribution is 2.30. The Morgan fingerprint density at radius 3 is 2.80 bits per heavy atom. The zero-order chi connectivity index (χ0) is 20.9. The average molecular weight is 408 g/mol. The van der Waals surface area contributed by atoms with E-state index in [1.165, 1.54) is 4.90 Å². The summed E-state index contributed by atoms with van der Waals surface area (Å²) in [6.45, 7) is 3.37. The van der Waals surface area contributed by atoms with Crippen LogP contribution in [-0.4, -0.2) is 77.5 Å². The minimum atomic E-state index is -0.879. The first kappa shape index (κ1) is 19.8. The van der Waals surface area contributed by atoms with Gasteiger partial charge in [0.15, 0.2) is 0 Å². The number of aromatic nitrogens is 3. The minimum absolute atomic E-state index is 0.455. The van der Waals surface area contributed by atoms with Crippen LogP contribution in [0.5, 0.6) is 0 Å². The van der Waals surface area contributed by atoms with Crippen molar-refractivity contribution in [3.8, 4) is 11.3 Å². The van der Waals surface area contributed by atoms with Crippen LogP contribution in [0, 0.1) is 0 Å². The predicted molar refractivity (Wildman–Crippen MR) is 115 cm³/mol. The molecular formula is C21H24N6O3. The van der Waals surface area contributed by atoms with E-state index in [1.807, 2.05) is 30.5 Å². The molecule has 3 aromatic heterocycles. The van der Waals surface area contributed by atoms with Crippen molar-refractivity contribution in [2.45, 2.75) is 0 Å². The van der Waals surface area contributed by atoms with Crippen molar-refractivity contribution in [3.63, 3.8) is 0 Å². The van der Waals surface area contributed by atoms with Crippen molar-refractivity contribution in [3.05, 3.63) is 42.9 Å². The number of anilines is 2. The molecule has 4 rings (SSSR count). The SMILES string of the molecule is COCCNc1cc(-c2cc3cnccc3c(N3CCN(C(=O)O)CC3)n2)ccn1. The number of amides is 1. The molecule has 0 spiro atoms. The Bertz CT molecular complexity index is 1040. The third-order valence-electron chi connectivity index (χ3n) is 5.13. The van der Waals surface area contributed by atoms with Gasteiger partial charge in [0, 0.05) is 74.8 Å². The third kappa shape index (κ3) is 4.25. The number of pyridine rings is 3. The first-order valence-corrected chi connectivity index (χ1v) is 9.82. The normalized spacial score (nSPS) is 14.2.